The number of rotatable bonds is 4. The molecule has 8 heteroatoms. The SMILES string of the molecule is O=C(O)c1ccc(Cl)c(NS(=O)(=O)c2ccc(F)cc2)c1. The van der Waals surface area contributed by atoms with Crippen molar-refractivity contribution in [1.82, 2.24) is 0 Å². The zero-order valence-corrected chi connectivity index (χ0v) is 12.0. The van der Waals surface area contributed by atoms with Crippen molar-refractivity contribution in [3.8, 4) is 0 Å². The number of hydrogen-bond acceptors (Lipinski definition) is 3. The van der Waals surface area contributed by atoms with Gasteiger partial charge < -0.3 is 5.11 Å². The summed E-state index contributed by atoms with van der Waals surface area (Å²) in [4.78, 5) is 10.7. The molecule has 0 spiro atoms. The van der Waals surface area contributed by atoms with E-state index in [1.54, 1.807) is 0 Å². The van der Waals surface area contributed by atoms with Crippen molar-refractivity contribution < 1.29 is 22.7 Å². The highest BCUT2D eigenvalue weighted by Gasteiger charge is 2.17. The van der Waals surface area contributed by atoms with Crippen LogP contribution < -0.4 is 4.72 Å². The van der Waals surface area contributed by atoms with Crippen molar-refractivity contribution in [1.29, 1.82) is 0 Å². The first kappa shape index (κ1) is 15.3. The number of carboxylic acids is 1. The third-order valence-electron chi connectivity index (χ3n) is 2.58. The van der Waals surface area contributed by atoms with Crippen LogP contribution in [-0.2, 0) is 10.0 Å². The summed E-state index contributed by atoms with van der Waals surface area (Å²) >= 11 is 5.84. The maximum Gasteiger partial charge on any atom is 0.335 e. The van der Waals surface area contributed by atoms with E-state index in [1.807, 2.05) is 0 Å². The predicted octanol–water partition coefficient (Wildman–Crippen LogP) is 2.98. The Morgan fingerprint density at radius 2 is 1.76 bits per heavy atom. The van der Waals surface area contributed by atoms with Crippen LogP contribution in [0.3, 0.4) is 0 Å². The minimum absolute atomic E-state index is 0.0469. The van der Waals surface area contributed by atoms with Gasteiger partial charge in [0.25, 0.3) is 10.0 Å². The average molecular weight is 330 g/mol. The number of carbonyl (C=O) groups is 1. The molecule has 0 aliphatic rings. The number of benzene rings is 2. The lowest BCUT2D eigenvalue weighted by Crippen LogP contribution is -2.13. The third kappa shape index (κ3) is 3.50. The molecule has 0 atom stereocenters. The normalized spacial score (nSPS) is 11.1. The van der Waals surface area contributed by atoms with Crippen LogP contribution in [0, 0.1) is 5.82 Å². The van der Waals surface area contributed by atoms with Crippen molar-refractivity contribution in [2.24, 2.45) is 0 Å². The summed E-state index contributed by atoms with van der Waals surface area (Å²) < 4.78 is 39.2. The Morgan fingerprint density at radius 1 is 1.14 bits per heavy atom. The van der Waals surface area contributed by atoms with Crippen LogP contribution in [0.5, 0.6) is 0 Å². The standard InChI is InChI=1S/C13H9ClFNO4S/c14-11-6-1-8(13(17)18)7-12(11)16-21(19,20)10-4-2-9(15)3-5-10/h1-7,16H,(H,17,18). The fourth-order valence-corrected chi connectivity index (χ4v) is 2.85. The van der Waals surface area contributed by atoms with Crippen LogP contribution in [0.15, 0.2) is 47.4 Å². The van der Waals surface area contributed by atoms with Gasteiger partial charge in [0, 0.05) is 0 Å². The molecule has 0 fully saturated rings. The second-order valence-electron chi connectivity index (χ2n) is 4.06. The van der Waals surface area contributed by atoms with Gasteiger partial charge in [0.1, 0.15) is 5.82 Å². The number of nitrogens with one attached hydrogen (secondary N) is 1. The van der Waals surface area contributed by atoms with Gasteiger partial charge in [0.15, 0.2) is 0 Å². The number of aromatic carboxylic acids is 1. The molecule has 2 N–H and O–H groups in total. The van der Waals surface area contributed by atoms with E-state index in [9.17, 15) is 17.6 Å². The van der Waals surface area contributed by atoms with Crippen LogP contribution in [-0.4, -0.2) is 19.5 Å². The molecule has 2 rings (SSSR count). The molecule has 2 aromatic carbocycles. The summed E-state index contributed by atoms with van der Waals surface area (Å²) in [6.07, 6.45) is 0. The van der Waals surface area contributed by atoms with Gasteiger partial charge in [0.05, 0.1) is 21.2 Å². The Hall–Kier alpha value is -2.12. The summed E-state index contributed by atoms with van der Waals surface area (Å²) in [6.45, 7) is 0. The molecule has 0 aromatic heterocycles. The molecule has 0 saturated heterocycles. The van der Waals surface area contributed by atoms with E-state index in [4.69, 9.17) is 16.7 Å². The molecule has 0 aliphatic carbocycles. The highest BCUT2D eigenvalue weighted by atomic mass is 35.5. The fourth-order valence-electron chi connectivity index (χ4n) is 1.55. The lowest BCUT2D eigenvalue weighted by Gasteiger charge is -2.10. The molecule has 0 bridgehead atoms. The molecular weight excluding hydrogens is 321 g/mol. The number of sulfonamides is 1. The summed E-state index contributed by atoms with van der Waals surface area (Å²) in [5.74, 6) is -1.78. The van der Waals surface area contributed by atoms with Crippen molar-refractivity contribution >= 4 is 33.3 Å². The third-order valence-corrected chi connectivity index (χ3v) is 4.29. The van der Waals surface area contributed by atoms with Crippen molar-refractivity contribution in [3.05, 3.63) is 58.9 Å². The first-order valence-electron chi connectivity index (χ1n) is 5.61. The topological polar surface area (TPSA) is 83.5 Å². The predicted molar refractivity (Wildman–Crippen MR) is 75.6 cm³/mol. The Bertz CT molecular complexity index is 790. The van der Waals surface area contributed by atoms with E-state index >= 15 is 0 Å². The van der Waals surface area contributed by atoms with E-state index in [-0.39, 0.29) is 21.2 Å². The van der Waals surface area contributed by atoms with Crippen LogP contribution in [0.1, 0.15) is 10.4 Å². The molecule has 0 saturated carbocycles. The Balaban J connectivity index is 2.38. The minimum Gasteiger partial charge on any atom is -0.478 e. The Morgan fingerprint density at radius 3 is 2.33 bits per heavy atom. The van der Waals surface area contributed by atoms with E-state index in [0.717, 1.165) is 30.3 Å². The Labute approximate surface area is 125 Å². The van der Waals surface area contributed by atoms with Gasteiger partial charge in [-0.3, -0.25) is 4.72 Å². The van der Waals surface area contributed by atoms with Crippen LogP contribution in [0.2, 0.25) is 5.02 Å². The molecule has 2 aromatic rings. The van der Waals surface area contributed by atoms with Gasteiger partial charge >= 0.3 is 5.97 Å². The summed E-state index contributed by atoms with van der Waals surface area (Å²) in [5, 5.41) is 8.93. The van der Waals surface area contributed by atoms with Crippen molar-refractivity contribution in [2.45, 2.75) is 4.90 Å². The van der Waals surface area contributed by atoms with Gasteiger partial charge in [-0.1, -0.05) is 11.6 Å². The first-order chi connectivity index (χ1) is 9.79. The molecule has 0 radical (unpaired) electrons. The smallest absolute Gasteiger partial charge is 0.335 e. The highest BCUT2D eigenvalue weighted by Crippen LogP contribution is 2.26. The molecular formula is C13H9ClFNO4S. The molecule has 0 amide bonds. The monoisotopic (exact) mass is 329 g/mol. The van der Waals surface area contributed by atoms with Crippen molar-refractivity contribution in [3.63, 3.8) is 0 Å². The van der Waals surface area contributed by atoms with Gasteiger partial charge in [-0.25, -0.2) is 17.6 Å². The van der Waals surface area contributed by atoms with E-state index in [0.29, 0.717) is 0 Å². The van der Waals surface area contributed by atoms with Crippen molar-refractivity contribution in [2.75, 3.05) is 4.72 Å². The zero-order chi connectivity index (χ0) is 15.6. The lowest BCUT2D eigenvalue weighted by atomic mass is 10.2. The first-order valence-corrected chi connectivity index (χ1v) is 7.47. The molecule has 110 valence electrons. The number of anilines is 1. The van der Waals surface area contributed by atoms with Gasteiger partial charge in [-0.2, -0.15) is 0 Å². The van der Waals surface area contributed by atoms with Crippen LogP contribution in [0.4, 0.5) is 10.1 Å². The lowest BCUT2D eigenvalue weighted by molar-refractivity contribution is 0.0697. The fraction of sp³-hybridized carbons (Fsp3) is 0. The van der Waals surface area contributed by atoms with E-state index in [1.165, 1.54) is 12.1 Å². The van der Waals surface area contributed by atoms with Gasteiger partial charge in [-0.05, 0) is 42.5 Å². The largest absolute Gasteiger partial charge is 0.478 e. The van der Waals surface area contributed by atoms with Crippen LogP contribution in [0.25, 0.3) is 0 Å². The maximum absolute atomic E-state index is 12.8. The van der Waals surface area contributed by atoms with Gasteiger partial charge in [0.2, 0.25) is 0 Å². The molecule has 0 aliphatic heterocycles. The number of carboxylic acid groups (broad SMARTS) is 1. The second kappa shape index (κ2) is 5.71. The summed E-state index contributed by atoms with van der Waals surface area (Å²) in [6, 6.07) is 7.81. The maximum atomic E-state index is 12.8. The Kier molecular flexibility index (Phi) is 4.15. The summed E-state index contributed by atoms with van der Waals surface area (Å²) in [5.41, 5.74) is -0.183. The number of hydrogen-bond donors (Lipinski definition) is 2. The van der Waals surface area contributed by atoms with Crippen LogP contribution >= 0.6 is 11.6 Å². The quantitative estimate of drug-likeness (QED) is 0.903. The van der Waals surface area contributed by atoms with E-state index < -0.39 is 21.8 Å². The molecule has 21 heavy (non-hydrogen) atoms. The second-order valence-corrected chi connectivity index (χ2v) is 6.15. The molecule has 5 nitrogen and oxygen atoms in total. The molecule has 0 heterocycles. The highest BCUT2D eigenvalue weighted by molar-refractivity contribution is 7.92. The molecule has 0 unspecified atom stereocenters. The minimum atomic E-state index is -3.99. The summed E-state index contributed by atoms with van der Waals surface area (Å²) in [7, 11) is -3.99. The zero-order valence-electron chi connectivity index (χ0n) is 10.4. The van der Waals surface area contributed by atoms with E-state index in [2.05, 4.69) is 4.72 Å². The number of halogens is 2. The van der Waals surface area contributed by atoms with Gasteiger partial charge in [-0.15, -0.1) is 0 Å². The average Bonchev–Trinajstić information content (AvgIpc) is 2.41.